The summed E-state index contributed by atoms with van der Waals surface area (Å²) < 4.78 is 7.70. The Morgan fingerprint density at radius 3 is 2.59 bits per heavy atom. The summed E-state index contributed by atoms with van der Waals surface area (Å²) in [6, 6.07) is 18.2. The standard InChI is InChI=1S/C27H34N4O2S/c1-20(26(32)28-19-22-13-7-4-8-14-22)34-27-30-29-25(23-15-9-10-16-24(23)33-2)31(27)18-17-21-11-5-3-6-12-21/h3,5-6,9-12,15-16,20,22H,4,7-8,13-14,17-19H2,1-2H3,(H,28,32). The van der Waals surface area contributed by atoms with E-state index in [1.165, 1.54) is 49.4 Å². The molecule has 7 heteroatoms. The molecule has 0 radical (unpaired) electrons. The summed E-state index contributed by atoms with van der Waals surface area (Å²) in [6.07, 6.45) is 7.17. The molecule has 0 aliphatic heterocycles. The van der Waals surface area contributed by atoms with Crippen molar-refractivity contribution < 1.29 is 9.53 Å². The van der Waals surface area contributed by atoms with Gasteiger partial charge in [-0.15, -0.1) is 10.2 Å². The lowest BCUT2D eigenvalue weighted by atomic mass is 9.89. The molecular weight excluding hydrogens is 444 g/mol. The van der Waals surface area contributed by atoms with E-state index in [-0.39, 0.29) is 11.2 Å². The van der Waals surface area contributed by atoms with Crippen LogP contribution < -0.4 is 10.1 Å². The van der Waals surface area contributed by atoms with Crippen LogP contribution >= 0.6 is 11.8 Å². The number of aromatic nitrogens is 3. The fourth-order valence-electron chi connectivity index (χ4n) is 4.48. The quantitative estimate of drug-likeness (QED) is 0.397. The lowest BCUT2D eigenvalue weighted by Crippen LogP contribution is -2.35. The van der Waals surface area contributed by atoms with Crippen molar-refractivity contribution in [2.75, 3.05) is 13.7 Å². The van der Waals surface area contributed by atoms with E-state index in [9.17, 15) is 4.79 Å². The minimum absolute atomic E-state index is 0.0621. The first-order valence-electron chi connectivity index (χ1n) is 12.2. The molecule has 1 N–H and O–H groups in total. The molecule has 0 saturated heterocycles. The van der Waals surface area contributed by atoms with Crippen LogP contribution in [-0.2, 0) is 17.8 Å². The molecule has 3 aromatic rings. The topological polar surface area (TPSA) is 69.0 Å². The minimum atomic E-state index is -0.256. The number of carbonyl (C=O) groups is 1. The molecule has 4 rings (SSSR count). The number of methoxy groups -OCH3 is 1. The van der Waals surface area contributed by atoms with Crippen LogP contribution in [0.25, 0.3) is 11.4 Å². The predicted molar refractivity (Wildman–Crippen MR) is 137 cm³/mol. The van der Waals surface area contributed by atoms with Gasteiger partial charge in [-0.1, -0.05) is 73.5 Å². The number of amides is 1. The van der Waals surface area contributed by atoms with Crippen molar-refractivity contribution in [1.29, 1.82) is 0 Å². The maximum atomic E-state index is 12.8. The molecule has 2 aromatic carbocycles. The largest absolute Gasteiger partial charge is 0.496 e. The first-order valence-corrected chi connectivity index (χ1v) is 13.1. The number of hydrogen-bond acceptors (Lipinski definition) is 5. The molecule has 1 aromatic heterocycles. The Bertz CT molecular complexity index is 1060. The van der Waals surface area contributed by atoms with Gasteiger partial charge in [0.1, 0.15) is 5.75 Å². The molecule has 1 amide bonds. The molecular formula is C27H34N4O2S. The highest BCUT2D eigenvalue weighted by Gasteiger charge is 2.23. The summed E-state index contributed by atoms with van der Waals surface area (Å²) in [5, 5.41) is 12.7. The smallest absolute Gasteiger partial charge is 0.233 e. The van der Waals surface area contributed by atoms with Gasteiger partial charge in [0.05, 0.1) is 17.9 Å². The molecule has 0 spiro atoms. The van der Waals surface area contributed by atoms with Crippen molar-refractivity contribution in [3.05, 3.63) is 60.2 Å². The third-order valence-electron chi connectivity index (χ3n) is 6.47. The summed E-state index contributed by atoms with van der Waals surface area (Å²) in [7, 11) is 1.66. The third-order valence-corrected chi connectivity index (χ3v) is 7.55. The van der Waals surface area contributed by atoms with E-state index < -0.39 is 0 Å². The monoisotopic (exact) mass is 478 g/mol. The molecule has 1 aliphatic carbocycles. The Kier molecular flexibility index (Phi) is 8.63. The van der Waals surface area contributed by atoms with Crippen LogP contribution in [0.2, 0.25) is 0 Å². The lowest BCUT2D eigenvalue weighted by Gasteiger charge is -2.22. The van der Waals surface area contributed by atoms with Gasteiger partial charge in [-0.25, -0.2) is 0 Å². The van der Waals surface area contributed by atoms with Crippen LogP contribution in [0.15, 0.2) is 59.8 Å². The van der Waals surface area contributed by atoms with Crippen molar-refractivity contribution in [1.82, 2.24) is 20.1 Å². The number of ether oxygens (including phenoxy) is 1. The van der Waals surface area contributed by atoms with E-state index in [1.807, 2.05) is 37.3 Å². The van der Waals surface area contributed by atoms with Gasteiger partial charge in [0.25, 0.3) is 0 Å². The number of aryl methyl sites for hydroxylation is 1. The SMILES string of the molecule is COc1ccccc1-c1nnc(SC(C)C(=O)NCC2CCCCC2)n1CCc1ccccc1. The second-order valence-electron chi connectivity index (χ2n) is 8.90. The number of rotatable bonds is 10. The van der Waals surface area contributed by atoms with Gasteiger partial charge in [0, 0.05) is 13.1 Å². The Hall–Kier alpha value is -2.80. The molecule has 1 unspecified atom stereocenters. The van der Waals surface area contributed by atoms with Crippen LogP contribution in [0.3, 0.4) is 0 Å². The van der Waals surface area contributed by atoms with E-state index >= 15 is 0 Å². The number of nitrogens with zero attached hydrogens (tertiary/aromatic N) is 3. The maximum absolute atomic E-state index is 12.8. The second-order valence-corrected chi connectivity index (χ2v) is 10.2. The van der Waals surface area contributed by atoms with Crippen LogP contribution in [0.4, 0.5) is 0 Å². The first-order chi connectivity index (χ1) is 16.7. The summed E-state index contributed by atoms with van der Waals surface area (Å²) in [5.41, 5.74) is 2.14. The average molecular weight is 479 g/mol. The van der Waals surface area contributed by atoms with E-state index in [0.717, 1.165) is 35.3 Å². The highest BCUT2D eigenvalue weighted by atomic mass is 32.2. The molecule has 1 aliphatic rings. The van der Waals surface area contributed by atoms with Crippen LogP contribution in [0.1, 0.15) is 44.6 Å². The van der Waals surface area contributed by atoms with Gasteiger partial charge < -0.3 is 14.6 Å². The Morgan fingerprint density at radius 2 is 1.82 bits per heavy atom. The molecule has 1 heterocycles. The van der Waals surface area contributed by atoms with Crippen molar-refractivity contribution >= 4 is 17.7 Å². The van der Waals surface area contributed by atoms with E-state index in [0.29, 0.717) is 12.5 Å². The van der Waals surface area contributed by atoms with Crippen molar-refractivity contribution in [3.8, 4) is 17.1 Å². The van der Waals surface area contributed by atoms with E-state index in [1.54, 1.807) is 7.11 Å². The zero-order valence-corrected chi connectivity index (χ0v) is 20.9. The number of para-hydroxylation sites is 1. The zero-order valence-electron chi connectivity index (χ0n) is 20.1. The van der Waals surface area contributed by atoms with Crippen LogP contribution in [0, 0.1) is 5.92 Å². The number of benzene rings is 2. The van der Waals surface area contributed by atoms with E-state index in [2.05, 4.69) is 44.3 Å². The molecule has 1 atom stereocenters. The third kappa shape index (κ3) is 6.20. The van der Waals surface area contributed by atoms with Crippen LogP contribution in [0.5, 0.6) is 5.75 Å². The van der Waals surface area contributed by atoms with Gasteiger partial charge in [-0.2, -0.15) is 0 Å². The lowest BCUT2D eigenvalue weighted by molar-refractivity contribution is -0.120. The van der Waals surface area contributed by atoms with Crippen molar-refractivity contribution in [2.45, 2.75) is 62.4 Å². The second kappa shape index (κ2) is 12.1. The van der Waals surface area contributed by atoms with Crippen LogP contribution in [-0.4, -0.2) is 39.6 Å². The van der Waals surface area contributed by atoms with Gasteiger partial charge >= 0.3 is 0 Å². The molecule has 6 nitrogen and oxygen atoms in total. The number of nitrogens with one attached hydrogen (secondary N) is 1. The summed E-state index contributed by atoms with van der Waals surface area (Å²) in [6.45, 7) is 3.43. The fourth-order valence-corrected chi connectivity index (χ4v) is 5.38. The van der Waals surface area contributed by atoms with Crippen molar-refractivity contribution in [2.24, 2.45) is 5.92 Å². The zero-order chi connectivity index (χ0) is 23.8. The Balaban J connectivity index is 1.51. The van der Waals surface area contributed by atoms with Gasteiger partial charge in [-0.05, 0) is 49.8 Å². The first kappa shape index (κ1) is 24.3. The Labute approximate surface area is 206 Å². The number of thioether (sulfide) groups is 1. The van der Waals surface area contributed by atoms with Crippen molar-refractivity contribution in [3.63, 3.8) is 0 Å². The molecule has 34 heavy (non-hydrogen) atoms. The maximum Gasteiger partial charge on any atom is 0.233 e. The van der Waals surface area contributed by atoms with Gasteiger partial charge in [-0.3, -0.25) is 4.79 Å². The molecule has 0 bridgehead atoms. The molecule has 180 valence electrons. The number of carbonyl (C=O) groups excluding carboxylic acids is 1. The molecule has 1 saturated carbocycles. The highest BCUT2D eigenvalue weighted by Crippen LogP contribution is 2.32. The summed E-state index contributed by atoms with van der Waals surface area (Å²) in [4.78, 5) is 12.8. The highest BCUT2D eigenvalue weighted by molar-refractivity contribution is 8.00. The molecule has 1 fully saturated rings. The van der Waals surface area contributed by atoms with Gasteiger partial charge in [0.2, 0.25) is 5.91 Å². The van der Waals surface area contributed by atoms with Gasteiger partial charge in [0.15, 0.2) is 11.0 Å². The summed E-state index contributed by atoms with van der Waals surface area (Å²) in [5.74, 6) is 2.19. The fraction of sp³-hybridized carbons (Fsp3) is 0.444. The normalized spacial score (nSPS) is 15.1. The van der Waals surface area contributed by atoms with E-state index in [4.69, 9.17) is 4.74 Å². The number of hydrogen-bond donors (Lipinski definition) is 1. The Morgan fingerprint density at radius 1 is 1.09 bits per heavy atom. The average Bonchev–Trinajstić information content (AvgIpc) is 3.29. The minimum Gasteiger partial charge on any atom is -0.496 e. The predicted octanol–water partition coefficient (Wildman–Crippen LogP) is 5.37. The summed E-state index contributed by atoms with van der Waals surface area (Å²) >= 11 is 1.47.